The molecule has 0 amide bonds. The molecule has 0 saturated heterocycles. The van der Waals surface area contributed by atoms with Crippen molar-refractivity contribution in [2.24, 2.45) is 4.99 Å². The van der Waals surface area contributed by atoms with Gasteiger partial charge in [-0.1, -0.05) is 35.0 Å². The molecular weight excluding hydrogens is 326 g/mol. The van der Waals surface area contributed by atoms with Crippen molar-refractivity contribution in [1.29, 1.82) is 0 Å². The Balaban J connectivity index is 2.19. The second-order valence-corrected chi connectivity index (χ2v) is 5.91. The number of aliphatic imine (C=N–C) groups is 1. The highest BCUT2D eigenvalue weighted by Gasteiger charge is 2.07. The highest BCUT2D eigenvalue weighted by atomic mass is 79.9. The van der Waals surface area contributed by atoms with Gasteiger partial charge < -0.3 is 4.74 Å². The predicted molar refractivity (Wildman–Crippen MR) is 93.1 cm³/mol. The molecule has 0 fully saturated rings. The van der Waals surface area contributed by atoms with E-state index in [0.717, 1.165) is 22.3 Å². The van der Waals surface area contributed by atoms with Crippen LogP contribution in [-0.4, -0.2) is 13.3 Å². The molecule has 0 aliphatic carbocycles. The zero-order valence-electron chi connectivity index (χ0n) is 12.6. The smallest absolute Gasteiger partial charge is 0.118 e. The first-order valence-electron chi connectivity index (χ1n) is 7.08. The van der Waals surface area contributed by atoms with Gasteiger partial charge in [0.05, 0.1) is 12.8 Å². The Kier molecular flexibility index (Phi) is 5.57. The average molecular weight is 346 g/mol. The summed E-state index contributed by atoms with van der Waals surface area (Å²) in [5.41, 5.74) is 3.45. The van der Waals surface area contributed by atoms with Crippen LogP contribution in [0.3, 0.4) is 0 Å². The minimum absolute atomic E-state index is 0.318. The molecule has 0 aliphatic rings. The van der Waals surface area contributed by atoms with Gasteiger partial charge >= 0.3 is 0 Å². The molecule has 110 valence electrons. The summed E-state index contributed by atoms with van der Waals surface area (Å²) in [7, 11) is 1.68. The van der Waals surface area contributed by atoms with Crippen LogP contribution in [0.25, 0.3) is 0 Å². The van der Waals surface area contributed by atoms with Gasteiger partial charge in [0, 0.05) is 16.6 Å². The van der Waals surface area contributed by atoms with Crippen molar-refractivity contribution >= 4 is 27.8 Å². The summed E-state index contributed by atoms with van der Waals surface area (Å²) in [6.45, 7) is 4.25. The molecule has 2 aromatic carbocycles. The molecule has 0 N–H and O–H groups in total. The van der Waals surface area contributed by atoms with E-state index in [1.165, 1.54) is 11.1 Å². The van der Waals surface area contributed by atoms with Gasteiger partial charge in [0.25, 0.3) is 0 Å². The first-order valence-corrected chi connectivity index (χ1v) is 7.87. The Bertz CT molecular complexity index is 620. The number of hydrogen-bond acceptors (Lipinski definition) is 2. The first-order chi connectivity index (χ1) is 10.1. The van der Waals surface area contributed by atoms with E-state index in [9.17, 15) is 0 Å². The number of methoxy groups -OCH3 is 1. The van der Waals surface area contributed by atoms with Gasteiger partial charge in [-0.25, -0.2) is 0 Å². The standard InChI is InChI=1S/C18H20BrNO/c1-4-14(15-5-8-17(21-3)9-6-15)12-20-18-10-7-16(19)11-13(18)2/h5-12,14H,4H2,1-3H3. The van der Waals surface area contributed by atoms with Gasteiger partial charge in [0.15, 0.2) is 0 Å². The van der Waals surface area contributed by atoms with E-state index < -0.39 is 0 Å². The van der Waals surface area contributed by atoms with E-state index in [0.29, 0.717) is 5.92 Å². The van der Waals surface area contributed by atoms with Gasteiger partial charge in [0.1, 0.15) is 5.75 Å². The van der Waals surface area contributed by atoms with Crippen LogP contribution in [0.5, 0.6) is 5.75 Å². The quantitative estimate of drug-likeness (QED) is 0.640. The lowest BCUT2D eigenvalue weighted by Gasteiger charge is -2.11. The molecule has 0 heterocycles. The van der Waals surface area contributed by atoms with Gasteiger partial charge in [-0.15, -0.1) is 0 Å². The minimum atomic E-state index is 0.318. The first kappa shape index (κ1) is 15.8. The maximum atomic E-state index is 5.20. The average Bonchev–Trinajstić information content (AvgIpc) is 2.50. The van der Waals surface area contributed by atoms with Crippen molar-refractivity contribution in [3.63, 3.8) is 0 Å². The normalized spacial score (nSPS) is 12.6. The summed E-state index contributed by atoms with van der Waals surface area (Å²) < 4.78 is 6.29. The SMILES string of the molecule is CCC(C=Nc1ccc(Br)cc1C)c1ccc(OC)cc1. The van der Waals surface area contributed by atoms with Crippen LogP contribution < -0.4 is 4.74 Å². The Morgan fingerprint density at radius 3 is 2.48 bits per heavy atom. The van der Waals surface area contributed by atoms with Crippen LogP contribution in [0.1, 0.15) is 30.4 Å². The van der Waals surface area contributed by atoms with Gasteiger partial charge in [0.2, 0.25) is 0 Å². The van der Waals surface area contributed by atoms with Crippen LogP contribution in [0.4, 0.5) is 5.69 Å². The third-order valence-corrected chi connectivity index (χ3v) is 4.03. The summed E-state index contributed by atoms with van der Waals surface area (Å²) in [5.74, 6) is 1.20. The molecule has 0 aromatic heterocycles. The van der Waals surface area contributed by atoms with Crippen molar-refractivity contribution in [3.8, 4) is 5.75 Å². The van der Waals surface area contributed by atoms with E-state index in [4.69, 9.17) is 4.74 Å². The largest absolute Gasteiger partial charge is 0.497 e. The molecule has 3 heteroatoms. The molecule has 0 bridgehead atoms. The number of rotatable bonds is 5. The molecule has 0 aliphatic heterocycles. The zero-order valence-corrected chi connectivity index (χ0v) is 14.2. The topological polar surface area (TPSA) is 21.6 Å². The Morgan fingerprint density at radius 1 is 1.19 bits per heavy atom. The fourth-order valence-electron chi connectivity index (χ4n) is 2.21. The number of aryl methyl sites for hydroxylation is 1. The van der Waals surface area contributed by atoms with Crippen molar-refractivity contribution in [2.75, 3.05) is 7.11 Å². The molecule has 1 atom stereocenters. The van der Waals surface area contributed by atoms with E-state index >= 15 is 0 Å². The van der Waals surface area contributed by atoms with Crippen LogP contribution >= 0.6 is 15.9 Å². The van der Waals surface area contributed by atoms with Gasteiger partial charge in [-0.2, -0.15) is 0 Å². The van der Waals surface area contributed by atoms with Gasteiger partial charge in [-0.3, -0.25) is 4.99 Å². The Hall–Kier alpha value is -1.61. The summed E-state index contributed by atoms with van der Waals surface area (Å²) in [6.07, 6.45) is 3.06. The summed E-state index contributed by atoms with van der Waals surface area (Å²) in [5, 5.41) is 0. The number of nitrogens with zero attached hydrogens (tertiary/aromatic N) is 1. The highest BCUT2D eigenvalue weighted by Crippen LogP contribution is 2.25. The van der Waals surface area contributed by atoms with E-state index in [-0.39, 0.29) is 0 Å². The molecule has 1 unspecified atom stereocenters. The van der Waals surface area contributed by atoms with Crippen LogP contribution in [0.15, 0.2) is 51.9 Å². The summed E-state index contributed by atoms with van der Waals surface area (Å²) in [4.78, 5) is 4.66. The van der Waals surface area contributed by atoms with Gasteiger partial charge in [-0.05, 0) is 54.8 Å². The second-order valence-electron chi connectivity index (χ2n) is 5.00. The third-order valence-electron chi connectivity index (χ3n) is 3.54. The molecule has 0 radical (unpaired) electrons. The molecular formula is C18H20BrNO. The number of halogens is 1. The molecule has 2 rings (SSSR count). The van der Waals surface area contributed by atoms with Crippen LogP contribution in [0.2, 0.25) is 0 Å². The lowest BCUT2D eigenvalue weighted by molar-refractivity contribution is 0.414. The third kappa shape index (κ3) is 4.18. The van der Waals surface area contributed by atoms with Crippen molar-refractivity contribution in [3.05, 3.63) is 58.1 Å². The second kappa shape index (κ2) is 7.41. The van der Waals surface area contributed by atoms with E-state index in [1.54, 1.807) is 7.11 Å². The van der Waals surface area contributed by atoms with Crippen LogP contribution in [-0.2, 0) is 0 Å². The fourth-order valence-corrected chi connectivity index (χ4v) is 2.69. The maximum absolute atomic E-state index is 5.20. The molecule has 2 nitrogen and oxygen atoms in total. The van der Waals surface area contributed by atoms with Crippen molar-refractivity contribution < 1.29 is 4.74 Å². The molecule has 0 saturated carbocycles. The van der Waals surface area contributed by atoms with E-state index in [2.05, 4.69) is 53.0 Å². The number of ether oxygens (including phenoxy) is 1. The number of hydrogen-bond donors (Lipinski definition) is 0. The lowest BCUT2D eigenvalue weighted by Crippen LogP contribution is -1.98. The molecule has 2 aromatic rings. The van der Waals surface area contributed by atoms with Crippen molar-refractivity contribution in [2.45, 2.75) is 26.2 Å². The molecule has 0 spiro atoms. The molecule has 21 heavy (non-hydrogen) atoms. The zero-order chi connectivity index (χ0) is 15.2. The van der Waals surface area contributed by atoms with Crippen LogP contribution in [0, 0.1) is 6.92 Å². The highest BCUT2D eigenvalue weighted by molar-refractivity contribution is 9.10. The minimum Gasteiger partial charge on any atom is -0.497 e. The Labute approximate surface area is 135 Å². The van der Waals surface area contributed by atoms with E-state index in [1.807, 2.05) is 30.5 Å². The lowest BCUT2D eigenvalue weighted by atomic mass is 9.97. The number of benzene rings is 2. The fraction of sp³-hybridized carbons (Fsp3) is 0.278. The summed E-state index contributed by atoms with van der Waals surface area (Å²) >= 11 is 3.48. The predicted octanol–water partition coefficient (Wildman–Crippen LogP) is 5.66. The van der Waals surface area contributed by atoms with Crippen molar-refractivity contribution in [1.82, 2.24) is 0 Å². The maximum Gasteiger partial charge on any atom is 0.118 e. The monoisotopic (exact) mass is 345 g/mol. The summed E-state index contributed by atoms with van der Waals surface area (Å²) in [6, 6.07) is 14.3. The Morgan fingerprint density at radius 2 is 1.90 bits per heavy atom.